The van der Waals surface area contributed by atoms with Crippen LogP contribution in [-0.4, -0.2) is 28.0 Å². The lowest BCUT2D eigenvalue weighted by Crippen LogP contribution is -2.07. The van der Waals surface area contributed by atoms with Crippen molar-refractivity contribution in [3.05, 3.63) is 34.7 Å². The zero-order valence-electron chi connectivity index (χ0n) is 9.41. The summed E-state index contributed by atoms with van der Waals surface area (Å²) < 4.78 is 18.5. The van der Waals surface area contributed by atoms with E-state index >= 15 is 0 Å². The highest BCUT2D eigenvalue weighted by atomic mass is 35.5. The molecule has 0 aliphatic heterocycles. The van der Waals surface area contributed by atoms with Crippen LogP contribution in [0.4, 0.5) is 4.39 Å². The van der Waals surface area contributed by atoms with Crippen LogP contribution in [0.1, 0.15) is 17.4 Å². The molecule has 0 unspecified atom stereocenters. The number of hydrogen-bond acceptors (Lipinski definition) is 4. The Balaban J connectivity index is 2.48. The molecule has 94 valence electrons. The number of esters is 1. The standard InChI is InChI=1S/C11H9ClFN3O2/c1-2-18-11(17)10-9(14-16-15-10)7-5-6(12)3-4-8(7)13/h3-5H,2H2,1H3,(H,14,15,16). The largest absolute Gasteiger partial charge is 0.461 e. The van der Waals surface area contributed by atoms with E-state index < -0.39 is 11.8 Å². The fraction of sp³-hybridized carbons (Fsp3) is 0.182. The molecular formula is C11H9ClFN3O2. The van der Waals surface area contributed by atoms with Gasteiger partial charge in [0.2, 0.25) is 0 Å². The molecule has 1 aromatic carbocycles. The SMILES string of the molecule is CCOC(=O)c1n[nH]nc1-c1cc(Cl)ccc1F. The van der Waals surface area contributed by atoms with Gasteiger partial charge in [0.1, 0.15) is 11.5 Å². The van der Waals surface area contributed by atoms with Gasteiger partial charge in [-0.3, -0.25) is 0 Å². The molecule has 1 N–H and O–H groups in total. The van der Waals surface area contributed by atoms with Crippen LogP contribution in [-0.2, 0) is 4.74 Å². The second-order valence-electron chi connectivity index (χ2n) is 3.37. The van der Waals surface area contributed by atoms with E-state index in [9.17, 15) is 9.18 Å². The van der Waals surface area contributed by atoms with Crippen LogP contribution in [0.2, 0.25) is 5.02 Å². The Morgan fingerprint density at radius 1 is 1.50 bits per heavy atom. The quantitative estimate of drug-likeness (QED) is 0.869. The molecule has 1 heterocycles. The number of hydrogen-bond donors (Lipinski definition) is 1. The third-order valence-corrected chi connectivity index (χ3v) is 2.44. The number of carbonyl (C=O) groups excluding carboxylic acids is 1. The molecule has 0 amide bonds. The molecule has 0 saturated heterocycles. The van der Waals surface area contributed by atoms with Gasteiger partial charge in [-0.25, -0.2) is 9.18 Å². The van der Waals surface area contributed by atoms with Gasteiger partial charge >= 0.3 is 5.97 Å². The maximum absolute atomic E-state index is 13.7. The lowest BCUT2D eigenvalue weighted by molar-refractivity contribution is 0.0520. The van der Waals surface area contributed by atoms with Crippen molar-refractivity contribution in [3.63, 3.8) is 0 Å². The summed E-state index contributed by atoms with van der Waals surface area (Å²) in [7, 11) is 0. The van der Waals surface area contributed by atoms with Crippen molar-refractivity contribution in [2.45, 2.75) is 6.92 Å². The average molecular weight is 270 g/mol. The molecule has 0 bridgehead atoms. The number of nitrogens with zero attached hydrogens (tertiary/aromatic N) is 2. The average Bonchev–Trinajstić information content (AvgIpc) is 2.81. The number of aromatic amines is 1. The van der Waals surface area contributed by atoms with Crippen LogP contribution >= 0.6 is 11.6 Å². The van der Waals surface area contributed by atoms with Crippen LogP contribution in [0.25, 0.3) is 11.3 Å². The van der Waals surface area contributed by atoms with Gasteiger partial charge in [0, 0.05) is 10.6 Å². The van der Waals surface area contributed by atoms with Gasteiger partial charge in [0.15, 0.2) is 5.69 Å². The second kappa shape index (κ2) is 5.14. The first kappa shape index (κ1) is 12.5. The summed E-state index contributed by atoms with van der Waals surface area (Å²) in [5.74, 6) is -1.21. The normalized spacial score (nSPS) is 10.4. The Morgan fingerprint density at radius 3 is 3.00 bits per heavy atom. The van der Waals surface area contributed by atoms with Gasteiger partial charge in [-0.2, -0.15) is 10.3 Å². The molecule has 0 aliphatic rings. The Kier molecular flexibility index (Phi) is 3.57. The number of nitrogens with one attached hydrogen (secondary N) is 1. The van der Waals surface area contributed by atoms with E-state index in [0.29, 0.717) is 5.02 Å². The molecule has 5 nitrogen and oxygen atoms in total. The highest BCUT2D eigenvalue weighted by Gasteiger charge is 2.21. The molecule has 0 atom stereocenters. The van der Waals surface area contributed by atoms with Crippen LogP contribution in [0.3, 0.4) is 0 Å². The molecule has 0 aliphatic carbocycles. The second-order valence-corrected chi connectivity index (χ2v) is 3.80. The molecule has 2 aromatic rings. The number of carbonyl (C=O) groups is 1. The first-order chi connectivity index (χ1) is 8.63. The van der Waals surface area contributed by atoms with E-state index in [1.165, 1.54) is 18.2 Å². The van der Waals surface area contributed by atoms with Crippen LogP contribution in [0.15, 0.2) is 18.2 Å². The van der Waals surface area contributed by atoms with Gasteiger partial charge in [-0.15, -0.1) is 5.10 Å². The fourth-order valence-corrected chi connectivity index (χ4v) is 1.61. The molecule has 1 aromatic heterocycles. The Bertz CT molecular complexity index is 585. The lowest BCUT2D eigenvalue weighted by Gasteiger charge is -2.03. The van der Waals surface area contributed by atoms with Crippen molar-refractivity contribution < 1.29 is 13.9 Å². The fourth-order valence-electron chi connectivity index (χ4n) is 1.44. The highest BCUT2D eigenvalue weighted by molar-refractivity contribution is 6.30. The highest BCUT2D eigenvalue weighted by Crippen LogP contribution is 2.26. The third-order valence-electron chi connectivity index (χ3n) is 2.20. The van der Waals surface area contributed by atoms with Crippen molar-refractivity contribution in [2.75, 3.05) is 6.61 Å². The summed E-state index contributed by atoms with van der Waals surface area (Å²) >= 11 is 5.79. The van der Waals surface area contributed by atoms with Gasteiger partial charge < -0.3 is 4.74 Å². The molecule has 7 heteroatoms. The van der Waals surface area contributed by atoms with E-state index in [4.69, 9.17) is 16.3 Å². The predicted molar refractivity (Wildman–Crippen MR) is 62.7 cm³/mol. The Hall–Kier alpha value is -1.95. The van der Waals surface area contributed by atoms with Gasteiger partial charge in [-0.1, -0.05) is 11.6 Å². The zero-order valence-corrected chi connectivity index (χ0v) is 10.2. The third kappa shape index (κ3) is 2.33. The van der Waals surface area contributed by atoms with Gasteiger partial charge in [-0.05, 0) is 25.1 Å². The van der Waals surface area contributed by atoms with E-state index in [1.807, 2.05) is 0 Å². The summed E-state index contributed by atoms with van der Waals surface area (Å²) in [6, 6.07) is 3.98. The Morgan fingerprint density at radius 2 is 2.28 bits per heavy atom. The van der Waals surface area contributed by atoms with Crippen molar-refractivity contribution in [1.82, 2.24) is 15.4 Å². The van der Waals surface area contributed by atoms with Crippen LogP contribution < -0.4 is 0 Å². The minimum atomic E-state index is -0.666. The predicted octanol–water partition coefficient (Wildman–Crippen LogP) is 2.44. The monoisotopic (exact) mass is 269 g/mol. The maximum Gasteiger partial charge on any atom is 0.361 e. The van der Waals surface area contributed by atoms with Gasteiger partial charge in [0.05, 0.1) is 6.61 Å². The van der Waals surface area contributed by atoms with Crippen LogP contribution in [0, 0.1) is 5.82 Å². The summed E-state index contributed by atoms with van der Waals surface area (Å²) in [5.41, 5.74) is 0.103. The zero-order chi connectivity index (χ0) is 13.1. The number of H-pyrrole nitrogens is 1. The first-order valence-electron chi connectivity index (χ1n) is 5.16. The molecule has 2 rings (SSSR count). The summed E-state index contributed by atoms with van der Waals surface area (Å²) in [6.45, 7) is 1.86. The lowest BCUT2D eigenvalue weighted by atomic mass is 10.1. The van der Waals surface area contributed by atoms with E-state index in [0.717, 1.165) is 0 Å². The van der Waals surface area contributed by atoms with Crippen molar-refractivity contribution in [1.29, 1.82) is 0 Å². The van der Waals surface area contributed by atoms with E-state index in [1.54, 1.807) is 6.92 Å². The maximum atomic E-state index is 13.7. The molecule has 0 saturated carbocycles. The summed E-state index contributed by atoms with van der Waals surface area (Å²) in [5, 5.41) is 10.0. The molecule has 18 heavy (non-hydrogen) atoms. The number of benzene rings is 1. The van der Waals surface area contributed by atoms with Crippen molar-refractivity contribution in [3.8, 4) is 11.3 Å². The number of ether oxygens (including phenoxy) is 1. The first-order valence-corrected chi connectivity index (χ1v) is 5.54. The van der Waals surface area contributed by atoms with Crippen molar-refractivity contribution >= 4 is 17.6 Å². The number of rotatable bonds is 3. The molecule has 0 radical (unpaired) electrons. The Labute approximate surface area is 107 Å². The molecular weight excluding hydrogens is 261 g/mol. The smallest absolute Gasteiger partial charge is 0.361 e. The molecule has 0 spiro atoms. The summed E-state index contributed by atoms with van der Waals surface area (Å²) in [6.07, 6.45) is 0. The minimum absolute atomic E-state index is 0.0713. The van der Waals surface area contributed by atoms with Crippen LogP contribution in [0.5, 0.6) is 0 Å². The molecule has 0 fully saturated rings. The summed E-state index contributed by atoms with van der Waals surface area (Å²) in [4.78, 5) is 11.6. The minimum Gasteiger partial charge on any atom is -0.461 e. The van der Waals surface area contributed by atoms with Crippen molar-refractivity contribution in [2.24, 2.45) is 0 Å². The topological polar surface area (TPSA) is 67.9 Å². The number of aromatic nitrogens is 3. The van der Waals surface area contributed by atoms with E-state index in [2.05, 4.69) is 15.4 Å². The number of halogens is 2. The van der Waals surface area contributed by atoms with E-state index in [-0.39, 0.29) is 23.6 Å². The van der Waals surface area contributed by atoms with Gasteiger partial charge in [0.25, 0.3) is 0 Å².